The zero-order chi connectivity index (χ0) is 15.4. The van der Waals surface area contributed by atoms with Crippen LogP contribution in [0.3, 0.4) is 0 Å². The first-order valence-corrected chi connectivity index (χ1v) is 7.24. The summed E-state index contributed by atoms with van der Waals surface area (Å²) in [7, 11) is 0. The molecule has 6 heteroatoms. The summed E-state index contributed by atoms with van der Waals surface area (Å²) < 4.78 is 6.38. The van der Waals surface area contributed by atoms with Crippen molar-refractivity contribution in [3.05, 3.63) is 46.6 Å². The van der Waals surface area contributed by atoms with Gasteiger partial charge < -0.3 is 10.1 Å². The summed E-state index contributed by atoms with van der Waals surface area (Å²) in [5.74, 6) is 0.278. The van der Waals surface area contributed by atoms with Gasteiger partial charge in [-0.2, -0.15) is 0 Å². The number of carbonyl (C=O) groups is 2. The van der Waals surface area contributed by atoms with Crippen LogP contribution in [-0.2, 0) is 4.79 Å². The topological polar surface area (TPSA) is 58.6 Å². The highest BCUT2D eigenvalue weighted by Crippen LogP contribution is 2.26. The van der Waals surface area contributed by atoms with Gasteiger partial charge in [0.25, 0.3) is 5.91 Å². The van der Waals surface area contributed by atoms with Gasteiger partial charge in [-0.1, -0.05) is 22.0 Å². The van der Waals surface area contributed by atoms with E-state index >= 15 is 0 Å². The number of hydrogen-bond donors (Lipinski definition) is 1. The zero-order valence-electron chi connectivity index (χ0n) is 11.6. The van der Waals surface area contributed by atoms with Gasteiger partial charge in [-0.25, -0.2) is 4.79 Å². The Morgan fingerprint density at radius 3 is 2.86 bits per heavy atom. The van der Waals surface area contributed by atoms with Gasteiger partial charge in [-0.15, -0.1) is 6.58 Å². The molecule has 1 aromatic rings. The molecule has 3 amide bonds. The smallest absolute Gasteiger partial charge is 0.329 e. The Bertz CT molecular complexity index is 625. The van der Waals surface area contributed by atoms with Crippen molar-refractivity contribution in [2.24, 2.45) is 0 Å². The number of benzene rings is 1. The summed E-state index contributed by atoms with van der Waals surface area (Å²) in [5, 5.41) is 2.56. The molecule has 1 N–H and O–H groups in total. The number of nitrogens with one attached hydrogen (secondary N) is 1. The summed E-state index contributed by atoms with van der Waals surface area (Å²) in [5.41, 5.74) is 0.941. The maximum Gasteiger partial charge on any atom is 0.329 e. The largest absolute Gasteiger partial charge is 0.493 e. The van der Waals surface area contributed by atoms with E-state index in [1.165, 1.54) is 6.08 Å². The molecule has 0 bridgehead atoms. The number of nitrogens with zero attached hydrogens (tertiary/aromatic N) is 1. The van der Waals surface area contributed by atoms with Gasteiger partial charge in [0.05, 0.1) is 6.61 Å². The van der Waals surface area contributed by atoms with Gasteiger partial charge in [0.1, 0.15) is 11.4 Å². The molecule has 1 heterocycles. The van der Waals surface area contributed by atoms with Crippen molar-refractivity contribution in [2.45, 2.75) is 6.92 Å². The van der Waals surface area contributed by atoms with Crippen molar-refractivity contribution in [1.82, 2.24) is 10.2 Å². The van der Waals surface area contributed by atoms with E-state index in [0.29, 0.717) is 12.4 Å². The molecule has 0 unspecified atom stereocenters. The third kappa shape index (κ3) is 3.33. The number of halogens is 1. The molecule has 1 aliphatic heterocycles. The first kappa shape index (κ1) is 15.3. The van der Waals surface area contributed by atoms with Crippen molar-refractivity contribution in [2.75, 3.05) is 13.2 Å². The number of urea groups is 1. The van der Waals surface area contributed by atoms with Crippen LogP contribution < -0.4 is 10.1 Å². The fraction of sp³-hybridized carbons (Fsp3) is 0.200. The summed E-state index contributed by atoms with van der Waals surface area (Å²) in [6, 6.07) is 5.04. The number of carbonyl (C=O) groups excluding carboxylic acids is 2. The maximum absolute atomic E-state index is 12.1. The van der Waals surface area contributed by atoms with Crippen LogP contribution in [0.15, 0.2) is 41.0 Å². The van der Waals surface area contributed by atoms with Crippen molar-refractivity contribution in [1.29, 1.82) is 0 Å². The number of hydrogen-bond acceptors (Lipinski definition) is 3. The van der Waals surface area contributed by atoms with Crippen LogP contribution in [-0.4, -0.2) is 30.0 Å². The fourth-order valence-corrected chi connectivity index (χ4v) is 2.32. The lowest BCUT2D eigenvalue weighted by molar-refractivity contribution is -0.122. The quantitative estimate of drug-likeness (QED) is 0.504. The Kier molecular flexibility index (Phi) is 4.80. The minimum absolute atomic E-state index is 0.179. The monoisotopic (exact) mass is 350 g/mol. The van der Waals surface area contributed by atoms with Crippen LogP contribution >= 0.6 is 15.9 Å². The van der Waals surface area contributed by atoms with E-state index in [1.807, 2.05) is 25.1 Å². The molecule has 2 rings (SSSR count). The van der Waals surface area contributed by atoms with E-state index in [-0.39, 0.29) is 18.1 Å². The average Bonchev–Trinajstić information content (AvgIpc) is 2.70. The number of imide groups is 1. The molecule has 0 saturated carbocycles. The molecule has 21 heavy (non-hydrogen) atoms. The first-order chi connectivity index (χ1) is 10.1. The van der Waals surface area contributed by atoms with E-state index in [0.717, 1.165) is 14.9 Å². The van der Waals surface area contributed by atoms with Crippen molar-refractivity contribution in [3.8, 4) is 5.75 Å². The zero-order valence-corrected chi connectivity index (χ0v) is 13.1. The van der Waals surface area contributed by atoms with Gasteiger partial charge in [0, 0.05) is 16.6 Å². The molecular weight excluding hydrogens is 336 g/mol. The number of ether oxygens (including phenoxy) is 1. The molecule has 110 valence electrons. The lowest BCUT2D eigenvalue weighted by Gasteiger charge is -2.08. The Morgan fingerprint density at radius 1 is 1.43 bits per heavy atom. The Hall–Kier alpha value is -2.08. The minimum Gasteiger partial charge on any atom is -0.493 e. The van der Waals surface area contributed by atoms with E-state index in [9.17, 15) is 9.59 Å². The Balaban J connectivity index is 2.36. The Morgan fingerprint density at radius 2 is 2.19 bits per heavy atom. The predicted molar refractivity (Wildman–Crippen MR) is 83.7 cm³/mol. The molecule has 5 nitrogen and oxygen atoms in total. The maximum atomic E-state index is 12.1. The van der Waals surface area contributed by atoms with E-state index in [1.54, 1.807) is 6.08 Å². The van der Waals surface area contributed by atoms with E-state index in [4.69, 9.17) is 4.74 Å². The third-order valence-corrected chi connectivity index (χ3v) is 3.34. The predicted octanol–water partition coefficient (Wildman–Crippen LogP) is 2.93. The third-order valence-electron chi connectivity index (χ3n) is 2.85. The molecule has 1 saturated heterocycles. The van der Waals surface area contributed by atoms with Crippen LogP contribution in [0.25, 0.3) is 6.08 Å². The normalized spacial score (nSPS) is 16.3. The van der Waals surface area contributed by atoms with Gasteiger partial charge in [0.15, 0.2) is 0 Å². The first-order valence-electron chi connectivity index (χ1n) is 6.44. The highest BCUT2D eigenvalue weighted by atomic mass is 79.9. The van der Waals surface area contributed by atoms with E-state index < -0.39 is 6.03 Å². The number of rotatable bonds is 5. The minimum atomic E-state index is -0.445. The van der Waals surface area contributed by atoms with Gasteiger partial charge in [0.2, 0.25) is 0 Å². The highest BCUT2D eigenvalue weighted by Gasteiger charge is 2.32. The van der Waals surface area contributed by atoms with E-state index in [2.05, 4.69) is 27.8 Å². The standard InChI is InChI=1S/C15H15BrN2O3/c1-3-7-18-14(19)12(17-15(18)20)9-10-8-11(16)5-6-13(10)21-4-2/h3,5-6,8-9H,1,4,7H2,2H3,(H,17,20)/b12-9+. The van der Waals surface area contributed by atoms with Crippen LogP contribution in [0, 0.1) is 0 Å². The fourth-order valence-electron chi connectivity index (χ4n) is 1.94. The SMILES string of the molecule is C=CCN1C(=O)N/C(=C/c2cc(Br)ccc2OCC)C1=O. The molecule has 1 aromatic carbocycles. The molecular formula is C15H15BrN2O3. The van der Waals surface area contributed by atoms with Crippen molar-refractivity contribution >= 4 is 33.9 Å². The van der Waals surface area contributed by atoms with Crippen LogP contribution in [0.2, 0.25) is 0 Å². The lowest BCUT2D eigenvalue weighted by Crippen LogP contribution is -2.30. The molecule has 0 radical (unpaired) electrons. The molecule has 0 aromatic heterocycles. The summed E-state index contributed by atoms with van der Waals surface area (Å²) >= 11 is 3.38. The average molecular weight is 351 g/mol. The van der Waals surface area contributed by atoms with Gasteiger partial charge >= 0.3 is 6.03 Å². The molecule has 1 aliphatic rings. The summed E-state index contributed by atoms with van der Waals surface area (Å²) in [4.78, 5) is 25.0. The van der Waals surface area contributed by atoms with Gasteiger partial charge in [-0.05, 0) is 31.2 Å². The highest BCUT2D eigenvalue weighted by molar-refractivity contribution is 9.10. The van der Waals surface area contributed by atoms with Crippen molar-refractivity contribution < 1.29 is 14.3 Å². The van der Waals surface area contributed by atoms with Crippen molar-refractivity contribution in [3.63, 3.8) is 0 Å². The second-order valence-corrected chi connectivity index (χ2v) is 5.22. The van der Waals surface area contributed by atoms with Gasteiger partial charge in [-0.3, -0.25) is 9.69 Å². The second-order valence-electron chi connectivity index (χ2n) is 4.31. The van der Waals surface area contributed by atoms with Crippen LogP contribution in [0.5, 0.6) is 5.75 Å². The molecule has 0 aliphatic carbocycles. The van der Waals surface area contributed by atoms with Crippen LogP contribution in [0.4, 0.5) is 4.79 Å². The number of amides is 3. The molecule has 1 fully saturated rings. The lowest BCUT2D eigenvalue weighted by atomic mass is 10.1. The van der Waals surface area contributed by atoms with Crippen LogP contribution in [0.1, 0.15) is 12.5 Å². The summed E-state index contributed by atoms with van der Waals surface area (Å²) in [6.45, 7) is 6.11. The summed E-state index contributed by atoms with van der Waals surface area (Å²) in [6.07, 6.45) is 3.12. The Labute approximate surface area is 131 Å². The molecule has 0 atom stereocenters. The molecule has 0 spiro atoms. The second kappa shape index (κ2) is 6.58.